The average Bonchev–Trinajstić information content (AvgIpc) is 3.27. The van der Waals surface area contributed by atoms with E-state index in [-0.39, 0.29) is 11.5 Å². The van der Waals surface area contributed by atoms with Crippen molar-refractivity contribution in [2.24, 2.45) is 0 Å². The lowest BCUT2D eigenvalue weighted by molar-refractivity contribution is -0.121. The largest absolute Gasteiger partial charge is 0.478 e. The Bertz CT molecular complexity index is 837. The van der Waals surface area contributed by atoms with E-state index in [1.165, 1.54) is 11.3 Å². The molecule has 136 valence electrons. The summed E-state index contributed by atoms with van der Waals surface area (Å²) in [6, 6.07) is 9.84. The summed E-state index contributed by atoms with van der Waals surface area (Å²) in [5.74, 6) is -1.08. The molecule has 0 atom stereocenters. The van der Waals surface area contributed by atoms with Crippen molar-refractivity contribution in [2.45, 2.75) is 44.1 Å². The van der Waals surface area contributed by atoms with Gasteiger partial charge in [-0.05, 0) is 30.4 Å². The van der Waals surface area contributed by atoms with Gasteiger partial charge in [0.2, 0.25) is 5.91 Å². The standard InChI is InChI=1S/C20H21NO4S/c22-18(23)16-14-8-11-25-12-15(14)26-17(16)21-19(24)20(9-4-5-10-20)13-6-2-1-3-7-13/h1-3,6-7H,4-5,8-12H2,(H,21,24)(H,22,23). The predicted molar refractivity (Wildman–Crippen MR) is 99.9 cm³/mol. The van der Waals surface area contributed by atoms with Gasteiger partial charge in [0.25, 0.3) is 0 Å². The molecule has 2 aromatic rings. The number of carbonyl (C=O) groups is 2. The second-order valence-electron chi connectivity index (χ2n) is 6.93. The van der Waals surface area contributed by atoms with Gasteiger partial charge < -0.3 is 15.2 Å². The number of carbonyl (C=O) groups excluding carboxylic acids is 1. The monoisotopic (exact) mass is 371 g/mol. The molecule has 6 heteroatoms. The number of amides is 1. The first-order valence-electron chi connectivity index (χ1n) is 8.94. The summed E-state index contributed by atoms with van der Waals surface area (Å²) in [5, 5.41) is 13.1. The Hall–Kier alpha value is -2.18. The van der Waals surface area contributed by atoms with Crippen LogP contribution in [0.5, 0.6) is 0 Å². The van der Waals surface area contributed by atoms with Crippen molar-refractivity contribution in [3.8, 4) is 0 Å². The molecule has 0 saturated heterocycles. The quantitative estimate of drug-likeness (QED) is 0.853. The molecule has 2 heterocycles. The van der Waals surface area contributed by atoms with Crippen molar-refractivity contribution in [1.29, 1.82) is 0 Å². The number of carboxylic acids is 1. The molecular formula is C20H21NO4S. The molecule has 0 radical (unpaired) electrons. The van der Waals surface area contributed by atoms with E-state index in [1.807, 2.05) is 30.3 Å². The zero-order valence-electron chi connectivity index (χ0n) is 14.4. The Labute approximate surface area is 156 Å². The van der Waals surface area contributed by atoms with E-state index >= 15 is 0 Å². The molecule has 1 aromatic heterocycles. The van der Waals surface area contributed by atoms with E-state index in [4.69, 9.17) is 4.74 Å². The highest BCUT2D eigenvalue weighted by Gasteiger charge is 2.43. The summed E-state index contributed by atoms with van der Waals surface area (Å²) in [4.78, 5) is 26.0. The number of anilines is 1. The number of thiophene rings is 1. The summed E-state index contributed by atoms with van der Waals surface area (Å²) in [7, 11) is 0. The Morgan fingerprint density at radius 3 is 2.58 bits per heavy atom. The maximum Gasteiger partial charge on any atom is 0.339 e. The Morgan fingerprint density at radius 1 is 1.15 bits per heavy atom. The van der Waals surface area contributed by atoms with Crippen LogP contribution in [0.2, 0.25) is 0 Å². The zero-order chi connectivity index (χ0) is 18.1. The number of carboxylic acid groups (broad SMARTS) is 1. The first kappa shape index (κ1) is 17.2. The van der Waals surface area contributed by atoms with E-state index in [9.17, 15) is 14.7 Å². The van der Waals surface area contributed by atoms with E-state index in [2.05, 4.69) is 5.32 Å². The predicted octanol–water partition coefficient (Wildman–Crippen LogP) is 3.97. The van der Waals surface area contributed by atoms with Gasteiger partial charge in [0.1, 0.15) is 5.00 Å². The van der Waals surface area contributed by atoms with Crippen molar-refractivity contribution < 1.29 is 19.4 Å². The number of hydrogen-bond acceptors (Lipinski definition) is 4. The smallest absolute Gasteiger partial charge is 0.339 e. The van der Waals surface area contributed by atoms with Crippen LogP contribution in [0.3, 0.4) is 0 Å². The second kappa shape index (κ2) is 6.85. The Kier molecular flexibility index (Phi) is 4.54. The van der Waals surface area contributed by atoms with E-state index in [0.29, 0.717) is 24.6 Å². The van der Waals surface area contributed by atoms with E-state index in [0.717, 1.165) is 41.7 Å². The molecule has 1 amide bonds. The first-order chi connectivity index (χ1) is 12.6. The van der Waals surface area contributed by atoms with Crippen LogP contribution in [-0.4, -0.2) is 23.6 Å². The molecule has 1 saturated carbocycles. The molecule has 2 aliphatic rings. The molecule has 26 heavy (non-hydrogen) atoms. The third-order valence-electron chi connectivity index (χ3n) is 5.48. The number of rotatable bonds is 4. The molecule has 2 N–H and O–H groups in total. The lowest BCUT2D eigenvalue weighted by Crippen LogP contribution is -2.38. The van der Waals surface area contributed by atoms with Gasteiger partial charge in [-0.2, -0.15) is 0 Å². The van der Waals surface area contributed by atoms with Crippen molar-refractivity contribution in [2.75, 3.05) is 11.9 Å². The van der Waals surface area contributed by atoms with Gasteiger partial charge in [-0.1, -0.05) is 43.2 Å². The third-order valence-corrected chi connectivity index (χ3v) is 6.60. The van der Waals surface area contributed by atoms with Gasteiger partial charge in [0, 0.05) is 4.88 Å². The van der Waals surface area contributed by atoms with Gasteiger partial charge >= 0.3 is 5.97 Å². The minimum absolute atomic E-state index is 0.0942. The molecular weight excluding hydrogens is 350 g/mol. The summed E-state index contributed by atoms with van der Waals surface area (Å²) < 4.78 is 5.44. The Balaban J connectivity index is 1.69. The van der Waals surface area contributed by atoms with Crippen LogP contribution in [0.4, 0.5) is 5.00 Å². The zero-order valence-corrected chi connectivity index (χ0v) is 15.2. The fourth-order valence-corrected chi connectivity index (χ4v) is 5.32. The van der Waals surface area contributed by atoms with Crippen LogP contribution in [0.1, 0.15) is 52.0 Å². The first-order valence-corrected chi connectivity index (χ1v) is 9.76. The van der Waals surface area contributed by atoms with Crippen LogP contribution in [0.15, 0.2) is 30.3 Å². The lowest BCUT2D eigenvalue weighted by atomic mass is 9.78. The number of ether oxygens (including phenoxy) is 1. The maximum absolute atomic E-state index is 13.3. The van der Waals surface area contributed by atoms with Crippen LogP contribution >= 0.6 is 11.3 Å². The molecule has 1 fully saturated rings. The third kappa shape index (κ3) is 2.83. The van der Waals surface area contributed by atoms with Crippen LogP contribution < -0.4 is 5.32 Å². The normalized spacial score (nSPS) is 18.3. The molecule has 1 aliphatic heterocycles. The minimum atomic E-state index is -0.986. The number of nitrogens with one attached hydrogen (secondary N) is 1. The number of fused-ring (bicyclic) bond motifs is 1. The number of aromatic carboxylic acids is 1. The summed E-state index contributed by atoms with van der Waals surface area (Å²) in [5.41, 5.74) is 1.49. The average molecular weight is 371 g/mol. The van der Waals surface area contributed by atoms with E-state index < -0.39 is 11.4 Å². The maximum atomic E-state index is 13.3. The van der Waals surface area contributed by atoms with Crippen LogP contribution in [0, 0.1) is 0 Å². The van der Waals surface area contributed by atoms with Crippen LogP contribution in [-0.2, 0) is 28.0 Å². The highest BCUT2D eigenvalue weighted by Crippen LogP contribution is 2.43. The van der Waals surface area contributed by atoms with Crippen molar-refractivity contribution in [3.05, 3.63) is 51.9 Å². The molecule has 1 aromatic carbocycles. The molecule has 1 aliphatic carbocycles. The fourth-order valence-electron chi connectivity index (χ4n) is 4.15. The molecule has 5 nitrogen and oxygen atoms in total. The van der Waals surface area contributed by atoms with E-state index in [1.54, 1.807) is 0 Å². The molecule has 0 unspecified atom stereocenters. The SMILES string of the molecule is O=C(O)c1c(NC(=O)C2(c3ccccc3)CCCC2)sc2c1CCOC2. The van der Waals surface area contributed by atoms with Gasteiger partial charge in [-0.3, -0.25) is 4.79 Å². The molecule has 4 rings (SSSR count). The summed E-state index contributed by atoms with van der Waals surface area (Å²) in [6.07, 6.45) is 4.16. The van der Waals surface area contributed by atoms with Crippen LogP contribution in [0.25, 0.3) is 0 Å². The fraction of sp³-hybridized carbons (Fsp3) is 0.400. The van der Waals surface area contributed by atoms with Crippen molar-refractivity contribution >= 4 is 28.2 Å². The van der Waals surface area contributed by atoms with Crippen molar-refractivity contribution in [1.82, 2.24) is 0 Å². The summed E-state index contributed by atoms with van der Waals surface area (Å²) in [6.45, 7) is 0.936. The topological polar surface area (TPSA) is 75.6 Å². The summed E-state index contributed by atoms with van der Waals surface area (Å²) >= 11 is 1.33. The highest BCUT2D eigenvalue weighted by molar-refractivity contribution is 7.17. The number of hydrogen-bond donors (Lipinski definition) is 2. The second-order valence-corrected chi connectivity index (χ2v) is 8.03. The van der Waals surface area contributed by atoms with Gasteiger partial charge in [-0.15, -0.1) is 11.3 Å². The van der Waals surface area contributed by atoms with Gasteiger partial charge in [0.15, 0.2) is 0 Å². The lowest BCUT2D eigenvalue weighted by Gasteiger charge is -2.28. The Morgan fingerprint density at radius 2 is 1.88 bits per heavy atom. The molecule has 0 bridgehead atoms. The number of benzene rings is 1. The highest BCUT2D eigenvalue weighted by atomic mass is 32.1. The van der Waals surface area contributed by atoms with Gasteiger partial charge in [0.05, 0.1) is 24.2 Å². The minimum Gasteiger partial charge on any atom is -0.478 e. The van der Waals surface area contributed by atoms with Crippen molar-refractivity contribution in [3.63, 3.8) is 0 Å². The van der Waals surface area contributed by atoms with Gasteiger partial charge in [-0.25, -0.2) is 4.79 Å². The molecule has 0 spiro atoms.